The van der Waals surface area contributed by atoms with E-state index in [1.807, 2.05) is 23.0 Å². The third-order valence-electron chi connectivity index (χ3n) is 3.74. The highest BCUT2D eigenvalue weighted by Crippen LogP contribution is 2.29. The van der Waals surface area contributed by atoms with E-state index in [1.165, 1.54) is 12.8 Å². The SMILES string of the molecule is CC1CCN(c2nc(Br)cn3ccnc23)C(C)C1. The molecule has 0 spiro atoms. The highest BCUT2D eigenvalue weighted by molar-refractivity contribution is 9.10. The first kappa shape index (κ1) is 12.0. The fourth-order valence-electron chi connectivity index (χ4n) is 2.80. The lowest BCUT2D eigenvalue weighted by Crippen LogP contribution is -2.41. The van der Waals surface area contributed by atoms with Crippen molar-refractivity contribution in [1.29, 1.82) is 0 Å². The van der Waals surface area contributed by atoms with Gasteiger partial charge in [-0.2, -0.15) is 0 Å². The Balaban J connectivity index is 2.05. The van der Waals surface area contributed by atoms with Crippen LogP contribution in [-0.2, 0) is 0 Å². The van der Waals surface area contributed by atoms with Crippen molar-refractivity contribution in [2.75, 3.05) is 11.4 Å². The Morgan fingerprint density at radius 1 is 1.39 bits per heavy atom. The fourth-order valence-corrected chi connectivity index (χ4v) is 3.19. The lowest BCUT2D eigenvalue weighted by Gasteiger charge is -2.37. The van der Waals surface area contributed by atoms with Crippen LogP contribution >= 0.6 is 15.9 Å². The molecule has 2 aromatic heterocycles. The molecule has 3 rings (SSSR count). The van der Waals surface area contributed by atoms with Crippen LogP contribution in [0.25, 0.3) is 5.65 Å². The summed E-state index contributed by atoms with van der Waals surface area (Å²) in [5.41, 5.74) is 0.944. The van der Waals surface area contributed by atoms with Gasteiger partial charge in [-0.1, -0.05) is 6.92 Å². The van der Waals surface area contributed by atoms with Crippen molar-refractivity contribution in [3.05, 3.63) is 23.2 Å². The smallest absolute Gasteiger partial charge is 0.180 e. The molecule has 0 N–H and O–H groups in total. The Kier molecular flexibility index (Phi) is 3.01. The number of halogens is 1. The Morgan fingerprint density at radius 2 is 2.22 bits per heavy atom. The number of nitrogens with zero attached hydrogens (tertiary/aromatic N) is 4. The first-order chi connectivity index (χ1) is 8.65. The number of piperidine rings is 1. The van der Waals surface area contributed by atoms with Gasteiger partial charge in [-0.25, -0.2) is 9.97 Å². The summed E-state index contributed by atoms with van der Waals surface area (Å²) in [4.78, 5) is 11.4. The van der Waals surface area contributed by atoms with Crippen LogP contribution in [0.4, 0.5) is 5.82 Å². The van der Waals surface area contributed by atoms with E-state index in [9.17, 15) is 0 Å². The average Bonchev–Trinajstić information content (AvgIpc) is 2.76. The molecule has 1 aliphatic rings. The monoisotopic (exact) mass is 308 g/mol. The summed E-state index contributed by atoms with van der Waals surface area (Å²) in [7, 11) is 0. The second-order valence-electron chi connectivity index (χ2n) is 5.22. The van der Waals surface area contributed by atoms with Gasteiger partial charge in [-0.3, -0.25) is 0 Å². The molecule has 0 amide bonds. The lowest BCUT2D eigenvalue weighted by atomic mass is 9.93. The van der Waals surface area contributed by atoms with Crippen molar-refractivity contribution in [3.8, 4) is 0 Å². The molecule has 0 radical (unpaired) electrons. The van der Waals surface area contributed by atoms with Crippen LogP contribution in [0.3, 0.4) is 0 Å². The minimum Gasteiger partial charge on any atom is -0.351 e. The van der Waals surface area contributed by atoms with Gasteiger partial charge >= 0.3 is 0 Å². The molecule has 5 heteroatoms. The first-order valence-corrected chi connectivity index (χ1v) is 7.20. The minimum atomic E-state index is 0.524. The van der Waals surface area contributed by atoms with Gasteiger partial charge in [0.15, 0.2) is 11.5 Å². The second kappa shape index (κ2) is 4.53. The summed E-state index contributed by atoms with van der Waals surface area (Å²) in [6.07, 6.45) is 8.18. The van der Waals surface area contributed by atoms with Gasteiger partial charge in [0.05, 0.1) is 0 Å². The van der Waals surface area contributed by atoms with E-state index in [0.29, 0.717) is 6.04 Å². The lowest BCUT2D eigenvalue weighted by molar-refractivity contribution is 0.376. The number of imidazole rings is 1. The van der Waals surface area contributed by atoms with Gasteiger partial charge in [0, 0.05) is 31.2 Å². The third-order valence-corrected chi connectivity index (χ3v) is 4.12. The predicted molar refractivity (Wildman–Crippen MR) is 75.9 cm³/mol. The Labute approximate surface area is 115 Å². The highest BCUT2D eigenvalue weighted by Gasteiger charge is 2.26. The zero-order chi connectivity index (χ0) is 12.7. The number of hydrogen-bond donors (Lipinski definition) is 0. The van der Waals surface area contributed by atoms with E-state index in [2.05, 4.69) is 44.6 Å². The molecular formula is C13H17BrN4. The van der Waals surface area contributed by atoms with Gasteiger partial charge < -0.3 is 9.30 Å². The van der Waals surface area contributed by atoms with Crippen molar-refractivity contribution >= 4 is 27.4 Å². The van der Waals surface area contributed by atoms with Gasteiger partial charge in [0.1, 0.15) is 4.60 Å². The molecule has 0 aliphatic carbocycles. The topological polar surface area (TPSA) is 33.4 Å². The molecule has 1 fully saturated rings. The summed E-state index contributed by atoms with van der Waals surface area (Å²) >= 11 is 3.48. The quantitative estimate of drug-likeness (QED) is 0.811. The summed E-state index contributed by atoms with van der Waals surface area (Å²) in [5.74, 6) is 1.80. The molecule has 4 nitrogen and oxygen atoms in total. The molecule has 0 aromatic carbocycles. The van der Waals surface area contributed by atoms with Gasteiger partial charge in [-0.15, -0.1) is 0 Å². The van der Waals surface area contributed by atoms with E-state index >= 15 is 0 Å². The Morgan fingerprint density at radius 3 is 3.00 bits per heavy atom. The van der Waals surface area contributed by atoms with Crippen molar-refractivity contribution in [2.24, 2.45) is 5.92 Å². The van der Waals surface area contributed by atoms with E-state index in [-0.39, 0.29) is 0 Å². The standard InChI is InChI=1S/C13H17BrN4/c1-9-3-5-18(10(2)7-9)13-12-15-4-6-17(12)8-11(14)16-13/h4,6,8-10H,3,5,7H2,1-2H3. The molecular weight excluding hydrogens is 292 g/mol. The average molecular weight is 309 g/mol. The summed E-state index contributed by atoms with van der Waals surface area (Å²) in [6.45, 7) is 5.67. The normalized spacial score (nSPS) is 24.7. The first-order valence-electron chi connectivity index (χ1n) is 6.41. The van der Waals surface area contributed by atoms with Crippen molar-refractivity contribution in [3.63, 3.8) is 0 Å². The van der Waals surface area contributed by atoms with Crippen molar-refractivity contribution < 1.29 is 0 Å². The maximum atomic E-state index is 4.63. The number of hydrogen-bond acceptors (Lipinski definition) is 3. The fraction of sp³-hybridized carbons (Fsp3) is 0.538. The van der Waals surface area contributed by atoms with Gasteiger partial charge in [0.25, 0.3) is 0 Å². The predicted octanol–water partition coefficient (Wildman–Crippen LogP) is 3.12. The molecule has 0 saturated carbocycles. The molecule has 2 aromatic rings. The molecule has 0 bridgehead atoms. The second-order valence-corrected chi connectivity index (χ2v) is 6.03. The van der Waals surface area contributed by atoms with Crippen LogP contribution in [0.2, 0.25) is 0 Å². The zero-order valence-corrected chi connectivity index (χ0v) is 12.3. The molecule has 18 heavy (non-hydrogen) atoms. The summed E-state index contributed by atoms with van der Waals surface area (Å²) in [6, 6.07) is 0.524. The van der Waals surface area contributed by atoms with Gasteiger partial charge in [-0.05, 0) is 41.6 Å². The number of fused-ring (bicyclic) bond motifs is 1. The highest BCUT2D eigenvalue weighted by atomic mass is 79.9. The molecule has 96 valence electrons. The summed E-state index contributed by atoms with van der Waals surface area (Å²) < 4.78 is 2.88. The number of anilines is 1. The number of aromatic nitrogens is 3. The van der Waals surface area contributed by atoms with Crippen LogP contribution in [0.15, 0.2) is 23.2 Å². The van der Waals surface area contributed by atoms with Crippen LogP contribution < -0.4 is 4.90 Å². The van der Waals surface area contributed by atoms with Crippen LogP contribution in [-0.4, -0.2) is 27.0 Å². The molecule has 2 atom stereocenters. The van der Waals surface area contributed by atoms with Crippen LogP contribution in [0, 0.1) is 5.92 Å². The Hall–Kier alpha value is -1.10. The molecule has 3 heterocycles. The van der Waals surface area contributed by atoms with E-state index in [4.69, 9.17) is 0 Å². The Bertz CT molecular complexity index is 565. The zero-order valence-electron chi connectivity index (χ0n) is 10.7. The maximum Gasteiger partial charge on any atom is 0.180 e. The van der Waals surface area contributed by atoms with Crippen molar-refractivity contribution in [2.45, 2.75) is 32.7 Å². The maximum absolute atomic E-state index is 4.63. The number of rotatable bonds is 1. The van der Waals surface area contributed by atoms with Crippen LogP contribution in [0.1, 0.15) is 26.7 Å². The molecule has 1 saturated heterocycles. The largest absolute Gasteiger partial charge is 0.351 e. The minimum absolute atomic E-state index is 0.524. The van der Waals surface area contributed by atoms with E-state index in [1.54, 1.807) is 0 Å². The van der Waals surface area contributed by atoms with Gasteiger partial charge in [0.2, 0.25) is 0 Å². The molecule has 1 aliphatic heterocycles. The van der Waals surface area contributed by atoms with E-state index < -0.39 is 0 Å². The third kappa shape index (κ3) is 2.00. The van der Waals surface area contributed by atoms with E-state index in [0.717, 1.165) is 28.5 Å². The summed E-state index contributed by atoms with van der Waals surface area (Å²) in [5, 5.41) is 0. The van der Waals surface area contributed by atoms with Crippen LogP contribution in [0.5, 0.6) is 0 Å². The molecule has 2 unspecified atom stereocenters. The van der Waals surface area contributed by atoms with Crippen molar-refractivity contribution in [1.82, 2.24) is 14.4 Å².